The van der Waals surface area contributed by atoms with Crippen molar-refractivity contribution in [1.82, 2.24) is 10.1 Å². The van der Waals surface area contributed by atoms with Crippen molar-refractivity contribution in [2.45, 2.75) is 52.9 Å². The average molecular weight is 431 g/mol. The maximum atomic E-state index is 13.2. The van der Waals surface area contributed by atoms with E-state index in [0.29, 0.717) is 32.0 Å². The molecule has 0 atom stereocenters. The highest BCUT2D eigenvalue weighted by Crippen LogP contribution is 2.32. The number of para-hydroxylation sites is 1. The van der Waals surface area contributed by atoms with Crippen molar-refractivity contribution in [3.8, 4) is 0 Å². The van der Waals surface area contributed by atoms with E-state index in [4.69, 9.17) is 9.26 Å². The normalized spacial score (nSPS) is 11.1. The molecule has 1 heterocycles. The lowest BCUT2D eigenvalue weighted by atomic mass is 9.93. The highest BCUT2D eigenvalue weighted by molar-refractivity contribution is 5.97. The van der Waals surface area contributed by atoms with Crippen molar-refractivity contribution in [3.63, 3.8) is 0 Å². The van der Waals surface area contributed by atoms with Crippen molar-refractivity contribution >= 4 is 23.4 Å². The van der Waals surface area contributed by atoms with Gasteiger partial charge in [-0.05, 0) is 36.3 Å². The Bertz CT molecular complexity index is 808. The summed E-state index contributed by atoms with van der Waals surface area (Å²) in [7, 11) is 0. The van der Waals surface area contributed by atoms with E-state index >= 15 is 0 Å². The molecule has 0 radical (unpaired) electrons. The number of urea groups is 1. The average Bonchev–Trinajstić information content (AvgIpc) is 3.22. The van der Waals surface area contributed by atoms with Gasteiger partial charge in [-0.3, -0.25) is 4.79 Å². The number of anilines is 2. The Morgan fingerprint density at radius 2 is 1.77 bits per heavy atom. The second-order valence-electron chi connectivity index (χ2n) is 7.96. The number of hydrogen-bond acceptors (Lipinski definition) is 5. The van der Waals surface area contributed by atoms with Crippen LogP contribution in [0.25, 0.3) is 0 Å². The summed E-state index contributed by atoms with van der Waals surface area (Å²) in [5.74, 6) is 0.459. The summed E-state index contributed by atoms with van der Waals surface area (Å²) >= 11 is 0. The molecular formula is C23H34N4O4. The van der Waals surface area contributed by atoms with Gasteiger partial charge in [-0.1, -0.05) is 51.1 Å². The van der Waals surface area contributed by atoms with E-state index in [0.717, 1.165) is 16.8 Å². The third-order valence-corrected chi connectivity index (χ3v) is 4.85. The predicted octanol–water partition coefficient (Wildman–Crippen LogP) is 4.82. The molecule has 31 heavy (non-hydrogen) atoms. The molecule has 8 heteroatoms. The molecule has 0 aliphatic heterocycles. The first-order chi connectivity index (χ1) is 14.8. The summed E-state index contributed by atoms with van der Waals surface area (Å²) in [6.45, 7) is 11.7. The van der Waals surface area contributed by atoms with Crippen LogP contribution < -0.4 is 10.6 Å². The maximum absolute atomic E-state index is 13.2. The molecule has 0 saturated heterocycles. The van der Waals surface area contributed by atoms with Crippen molar-refractivity contribution < 1.29 is 18.8 Å². The SMILES string of the molecule is CCOCCCN(CC(=O)Nc1ccon1)C(=O)Nc1c(C(C)C)cccc1C(C)C. The number of amides is 3. The van der Waals surface area contributed by atoms with Gasteiger partial charge in [-0.2, -0.15) is 0 Å². The Labute approximate surface area is 184 Å². The van der Waals surface area contributed by atoms with Gasteiger partial charge >= 0.3 is 6.03 Å². The third-order valence-electron chi connectivity index (χ3n) is 4.85. The minimum Gasteiger partial charge on any atom is -0.382 e. The molecule has 1 aromatic carbocycles. The Morgan fingerprint density at radius 3 is 2.32 bits per heavy atom. The number of ether oxygens (including phenoxy) is 1. The summed E-state index contributed by atoms with van der Waals surface area (Å²) in [4.78, 5) is 27.2. The number of nitrogens with one attached hydrogen (secondary N) is 2. The minimum atomic E-state index is -0.346. The molecule has 2 rings (SSSR count). The molecule has 0 aliphatic carbocycles. The number of rotatable bonds is 11. The lowest BCUT2D eigenvalue weighted by Crippen LogP contribution is -2.41. The van der Waals surface area contributed by atoms with Gasteiger partial charge in [0.15, 0.2) is 5.82 Å². The van der Waals surface area contributed by atoms with Gasteiger partial charge in [-0.15, -0.1) is 0 Å². The molecule has 8 nitrogen and oxygen atoms in total. The molecule has 170 valence electrons. The number of nitrogens with zero attached hydrogens (tertiary/aromatic N) is 2. The Balaban J connectivity index is 2.19. The number of benzene rings is 1. The van der Waals surface area contributed by atoms with Gasteiger partial charge in [0, 0.05) is 31.5 Å². The molecule has 0 aliphatic rings. The van der Waals surface area contributed by atoms with Crippen LogP contribution in [-0.2, 0) is 9.53 Å². The van der Waals surface area contributed by atoms with E-state index in [1.807, 2.05) is 25.1 Å². The lowest BCUT2D eigenvalue weighted by molar-refractivity contribution is -0.116. The fourth-order valence-corrected chi connectivity index (χ4v) is 3.27. The van der Waals surface area contributed by atoms with Gasteiger partial charge in [0.25, 0.3) is 0 Å². The van der Waals surface area contributed by atoms with Crippen LogP contribution >= 0.6 is 0 Å². The predicted molar refractivity (Wildman–Crippen MR) is 121 cm³/mol. The van der Waals surface area contributed by atoms with Crippen LogP contribution in [-0.4, -0.2) is 48.3 Å². The fourth-order valence-electron chi connectivity index (χ4n) is 3.27. The molecule has 2 aromatic rings. The van der Waals surface area contributed by atoms with Crippen LogP contribution in [0.4, 0.5) is 16.3 Å². The highest BCUT2D eigenvalue weighted by atomic mass is 16.5. The largest absolute Gasteiger partial charge is 0.382 e. The van der Waals surface area contributed by atoms with Crippen LogP contribution in [0.2, 0.25) is 0 Å². The number of carbonyl (C=O) groups excluding carboxylic acids is 2. The van der Waals surface area contributed by atoms with Crippen LogP contribution in [0.15, 0.2) is 35.1 Å². The molecule has 1 aromatic heterocycles. The van der Waals surface area contributed by atoms with Gasteiger partial charge in [0.2, 0.25) is 5.91 Å². The van der Waals surface area contributed by atoms with Crippen molar-refractivity contribution in [2.75, 3.05) is 36.9 Å². The number of hydrogen-bond donors (Lipinski definition) is 2. The minimum absolute atomic E-state index is 0.105. The second-order valence-corrected chi connectivity index (χ2v) is 7.96. The van der Waals surface area contributed by atoms with Crippen LogP contribution in [0, 0.1) is 0 Å². The Kier molecular flexibility index (Phi) is 9.52. The first kappa shape index (κ1) is 24.4. The van der Waals surface area contributed by atoms with Crippen LogP contribution in [0.3, 0.4) is 0 Å². The lowest BCUT2D eigenvalue weighted by Gasteiger charge is -2.26. The van der Waals surface area contributed by atoms with E-state index in [-0.39, 0.29) is 30.3 Å². The third kappa shape index (κ3) is 7.40. The zero-order valence-electron chi connectivity index (χ0n) is 19.1. The summed E-state index contributed by atoms with van der Waals surface area (Å²) in [5, 5.41) is 9.39. The maximum Gasteiger partial charge on any atom is 0.322 e. The Morgan fingerprint density at radius 1 is 1.10 bits per heavy atom. The summed E-state index contributed by atoms with van der Waals surface area (Å²) in [6.07, 6.45) is 2.00. The standard InChI is InChI=1S/C23H34N4O4/c1-6-30-13-8-12-27(15-21(28)24-20-11-14-31-26-20)23(29)25-22-18(16(2)3)9-7-10-19(22)17(4)5/h7,9-11,14,16-17H,6,8,12-13,15H2,1-5H3,(H,25,29)(H,24,26,28). The summed E-state index contributed by atoms with van der Waals surface area (Å²) in [5.41, 5.74) is 2.96. The molecule has 0 fully saturated rings. The first-order valence-electron chi connectivity index (χ1n) is 10.8. The highest BCUT2D eigenvalue weighted by Gasteiger charge is 2.21. The van der Waals surface area contributed by atoms with E-state index < -0.39 is 0 Å². The fraction of sp³-hybridized carbons (Fsp3) is 0.522. The quantitative estimate of drug-likeness (QED) is 0.498. The summed E-state index contributed by atoms with van der Waals surface area (Å²) < 4.78 is 10.1. The van der Waals surface area contributed by atoms with Gasteiger partial charge in [0.1, 0.15) is 12.8 Å². The molecule has 0 spiro atoms. The first-order valence-corrected chi connectivity index (χ1v) is 10.8. The second kappa shape index (κ2) is 12.1. The van der Waals surface area contributed by atoms with Crippen molar-refractivity contribution in [2.24, 2.45) is 0 Å². The summed E-state index contributed by atoms with van der Waals surface area (Å²) in [6, 6.07) is 7.31. The van der Waals surface area contributed by atoms with Gasteiger partial charge < -0.3 is 24.8 Å². The van der Waals surface area contributed by atoms with E-state index in [2.05, 4.69) is 43.5 Å². The zero-order chi connectivity index (χ0) is 22.8. The molecule has 0 bridgehead atoms. The zero-order valence-corrected chi connectivity index (χ0v) is 19.1. The molecular weight excluding hydrogens is 396 g/mol. The van der Waals surface area contributed by atoms with Gasteiger partial charge in [0.05, 0.1) is 0 Å². The smallest absolute Gasteiger partial charge is 0.322 e. The topological polar surface area (TPSA) is 96.7 Å². The van der Waals surface area contributed by atoms with Crippen molar-refractivity contribution in [3.05, 3.63) is 41.7 Å². The van der Waals surface area contributed by atoms with E-state index in [1.165, 1.54) is 11.2 Å². The van der Waals surface area contributed by atoms with Crippen LogP contribution in [0.5, 0.6) is 0 Å². The van der Waals surface area contributed by atoms with Crippen LogP contribution in [0.1, 0.15) is 64.0 Å². The number of aromatic nitrogens is 1. The van der Waals surface area contributed by atoms with E-state index in [9.17, 15) is 9.59 Å². The Hall–Kier alpha value is -2.87. The number of carbonyl (C=O) groups is 2. The molecule has 0 unspecified atom stereocenters. The van der Waals surface area contributed by atoms with E-state index in [1.54, 1.807) is 6.07 Å². The van der Waals surface area contributed by atoms with Crippen molar-refractivity contribution in [1.29, 1.82) is 0 Å². The molecule has 2 N–H and O–H groups in total. The monoisotopic (exact) mass is 430 g/mol. The van der Waals surface area contributed by atoms with Gasteiger partial charge in [-0.25, -0.2) is 4.79 Å². The molecule has 3 amide bonds. The molecule has 0 saturated carbocycles.